The maximum Gasteiger partial charge on any atom is 0.323 e. The van der Waals surface area contributed by atoms with E-state index in [1.54, 1.807) is 34.9 Å². The highest BCUT2D eigenvalue weighted by atomic mass is 16.5. The molecule has 9 heteroatoms. The van der Waals surface area contributed by atoms with Crippen LogP contribution in [0.3, 0.4) is 0 Å². The first kappa shape index (κ1) is 23.5. The Morgan fingerprint density at radius 3 is 2.47 bits per heavy atom. The van der Waals surface area contributed by atoms with Crippen LogP contribution >= 0.6 is 0 Å². The molecule has 1 saturated heterocycles. The summed E-state index contributed by atoms with van der Waals surface area (Å²) in [4.78, 5) is 40.4. The Kier molecular flexibility index (Phi) is 6.62. The Morgan fingerprint density at radius 1 is 0.917 bits per heavy atom. The van der Waals surface area contributed by atoms with Crippen molar-refractivity contribution in [2.24, 2.45) is 5.92 Å². The van der Waals surface area contributed by atoms with Gasteiger partial charge in [-0.1, -0.05) is 30.3 Å². The molecule has 2 unspecified atom stereocenters. The molecular formula is C27H28N4O5. The van der Waals surface area contributed by atoms with E-state index in [4.69, 9.17) is 9.47 Å². The van der Waals surface area contributed by atoms with Crippen molar-refractivity contribution in [3.8, 4) is 11.5 Å². The zero-order valence-electron chi connectivity index (χ0n) is 20.0. The molecule has 186 valence electrons. The number of methoxy groups -OCH3 is 1. The van der Waals surface area contributed by atoms with Gasteiger partial charge in [-0.25, -0.2) is 4.79 Å². The standard InChI is InChI=1S/C27H28N4O5/c1-35-24-10-6-5-9-21(24)28-27(34)29-22-11-12-23-19-13-18(15-31(23)26(22)33)14-30(16-19)25(32)17-36-20-7-3-2-4-8-20/h2-12,18-19H,13-17H2,1H3,(H2,28,29,34). The summed E-state index contributed by atoms with van der Waals surface area (Å²) in [5, 5.41) is 5.39. The summed E-state index contributed by atoms with van der Waals surface area (Å²) in [6.07, 6.45) is 0.920. The van der Waals surface area contributed by atoms with Crippen molar-refractivity contribution in [2.45, 2.75) is 18.9 Å². The van der Waals surface area contributed by atoms with Gasteiger partial charge in [0.1, 0.15) is 17.2 Å². The quantitative estimate of drug-likeness (QED) is 0.553. The molecule has 36 heavy (non-hydrogen) atoms. The molecule has 2 aliphatic rings. The van der Waals surface area contributed by atoms with E-state index in [0.29, 0.717) is 36.8 Å². The third-order valence-electron chi connectivity index (χ3n) is 6.67. The third kappa shape index (κ3) is 4.91. The van der Waals surface area contributed by atoms with Gasteiger partial charge in [0.25, 0.3) is 11.5 Å². The number of benzene rings is 2. The van der Waals surface area contributed by atoms with Gasteiger partial charge in [-0.2, -0.15) is 0 Å². The van der Waals surface area contributed by atoms with Gasteiger partial charge >= 0.3 is 6.03 Å². The van der Waals surface area contributed by atoms with Crippen molar-refractivity contribution in [2.75, 3.05) is 37.4 Å². The highest BCUT2D eigenvalue weighted by molar-refractivity contribution is 6.00. The second kappa shape index (κ2) is 10.2. The summed E-state index contributed by atoms with van der Waals surface area (Å²) < 4.78 is 12.6. The van der Waals surface area contributed by atoms with E-state index in [-0.39, 0.29) is 35.6 Å². The van der Waals surface area contributed by atoms with E-state index in [2.05, 4.69) is 10.6 Å². The Balaban J connectivity index is 1.26. The van der Waals surface area contributed by atoms with Gasteiger partial charge in [0.15, 0.2) is 6.61 Å². The number of urea groups is 1. The van der Waals surface area contributed by atoms with E-state index in [9.17, 15) is 14.4 Å². The molecule has 0 spiro atoms. The van der Waals surface area contributed by atoms with E-state index in [1.807, 2.05) is 41.3 Å². The van der Waals surface area contributed by atoms with Crippen molar-refractivity contribution < 1.29 is 19.1 Å². The van der Waals surface area contributed by atoms with Crippen molar-refractivity contribution >= 4 is 23.3 Å². The number of fused-ring (bicyclic) bond motifs is 4. The number of piperidine rings is 1. The van der Waals surface area contributed by atoms with Gasteiger partial charge < -0.3 is 29.6 Å². The maximum absolute atomic E-state index is 13.2. The van der Waals surface area contributed by atoms with Crippen LogP contribution in [0.15, 0.2) is 71.5 Å². The fourth-order valence-electron chi connectivity index (χ4n) is 5.02. The van der Waals surface area contributed by atoms with E-state index in [1.165, 1.54) is 7.11 Å². The summed E-state index contributed by atoms with van der Waals surface area (Å²) >= 11 is 0. The number of para-hydroxylation sites is 3. The van der Waals surface area contributed by atoms with Crippen LogP contribution in [-0.4, -0.2) is 48.2 Å². The summed E-state index contributed by atoms with van der Waals surface area (Å²) in [5.41, 5.74) is 1.35. The predicted molar refractivity (Wildman–Crippen MR) is 136 cm³/mol. The summed E-state index contributed by atoms with van der Waals surface area (Å²) in [5.74, 6) is 1.34. The first-order chi connectivity index (χ1) is 17.5. The Labute approximate surface area is 208 Å². The first-order valence-electron chi connectivity index (χ1n) is 11.9. The van der Waals surface area contributed by atoms with Crippen LogP contribution in [0, 0.1) is 5.92 Å². The molecule has 5 rings (SSSR count). The van der Waals surface area contributed by atoms with Crippen molar-refractivity contribution in [3.05, 3.63) is 82.8 Å². The van der Waals surface area contributed by atoms with Crippen LogP contribution in [-0.2, 0) is 11.3 Å². The molecule has 0 aliphatic carbocycles. The molecule has 1 fully saturated rings. The highest BCUT2D eigenvalue weighted by Crippen LogP contribution is 2.35. The number of nitrogens with zero attached hydrogens (tertiary/aromatic N) is 2. The predicted octanol–water partition coefficient (Wildman–Crippen LogP) is 3.53. The third-order valence-corrected chi connectivity index (χ3v) is 6.67. The molecule has 0 radical (unpaired) electrons. The molecule has 2 N–H and O–H groups in total. The van der Waals surface area contributed by atoms with E-state index < -0.39 is 6.03 Å². The number of likely N-dealkylation sites (tertiary alicyclic amines) is 1. The van der Waals surface area contributed by atoms with Gasteiger partial charge in [0.05, 0.1) is 12.8 Å². The summed E-state index contributed by atoms with van der Waals surface area (Å²) in [6.45, 7) is 1.59. The lowest BCUT2D eigenvalue weighted by Gasteiger charge is -2.42. The van der Waals surface area contributed by atoms with E-state index in [0.717, 1.165) is 12.1 Å². The Morgan fingerprint density at radius 2 is 1.67 bits per heavy atom. The Bertz CT molecular complexity index is 1320. The normalized spacial score (nSPS) is 18.1. The molecule has 3 aromatic rings. The molecular weight excluding hydrogens is 460 g/mol. The van der Waals surface area contributed by atoms with Crippen LogP contribution < -0.4 is 25.7 Å². The van der Waals surface area contributed by atoms with Gasteiger partial charge in [-0.3, -0.25) is 9.59 Å². The largest absolute Gasteiger partial charge is 0.495 e. The minimum absolute atomic E-state index is 0.0135. The molecule has 3 amide bonds. The fourth-order valence-corrected chi connectivity index (χ4v) is 5.02. The number of carbonyl (C=O) groups excluding carboxylic acids is 2. The SMILES string of the molecule is COc1ccccc1NC(=O)Nc1ccc2n(c1=O)CC1CC2CN(C(=O)COc2ccccc2)C1. The lowest BCUT2D eigenvalue weighted by atomic mass is 9.83. The molecule has 1 aromatic heterocycles. The zero-order valence-corrected chi connectivity index (χ0v) is 20.0. The van der Waals surface area contributed by atoms with Gasteiger partial charge in [-0.15, -0.1) is 0 Å². The highest BCUT2D eigenvalue weighted by Gasteiger charge is 2.36. The molecule has 2 atom stereocenters. The molecule has 2 aliphatic heterocycles. The number of anilines is 2. The van der Waals surface area contributed by atoms with Crippen molar-refractivity contribution in [1.29, 1.82) is 0 Å². The van der Waals surface area contributed by atoms with Crippen LogP contribution in [0.25, 0.3) is 0 Å². The maximum atomic E-state index is 13.2. The molecule has 3 heterocycles. The molecule has 0 saturated carbocycles. The van der Waals surface area contributed by atoms with Gasteiger partial charge in [-0.05, 0) is 48.7 Å². The van der Waals surface area contributed by atoms with Crippen LogP contribution in [0.2, 0.25) is 0 Å². The van der Waals surface area contributed by atoms with E-state index >= 15 is 0 Å². The number of ether oxygens (including phenoxy) is 2. The Hall–Kier alpha value is -4.27. The first-order valence-corrected chi connectivity index (χ1v) is 11.9. The number of rotatable bonds is 6. The summed E-state index contributed by atoms with van der Waals surface area (Å²) in [7, 11) is 1.52. The number of aromatic nitrogens is 1. The average Bonchev–Trinajstić information content (AvgIpc) is 2.90. The lowest BCUT2D eigenvalue weighted by molar-refractivity contribution is -0.136. The number of hydrogen-bond donors (Lipinski definition) is 2. The summed E-state index contributed by atoms with van der Waals surface area (Å²) in [6, 6.07) is 19.3. The monoisotopic (exact) mass is 488 g/mol. The van der Waals surface area contributed by atoms with Gasteiger partial charge in [0.2, 0.25) is 0 Å². The molecule has 2 bridgehead atoms. The van der Waals surface area contributed by atoms with Crippen LogP contribution in [0.4, 0.5) is 16.2 Å². The molecule has 9 nitrogen and oxygen atoms in total. The van der Waals surface area contributed by atoms with Crippen molar-refractivity contribution in [1.82, 2.24) is 9.47 Å². The van der Waals surface area contributed by atoms with Crippen LogP contribution in [0.1, 0.15) is 18.0 Å². The topological polar surface area (TPSA) is 102 Å². The van der Waals surface area contributed by atoms with Crippen LogP contribution in [0.5, 0.6) is 11.5 Å². The fraction of sp³-hybridized carbons (Fsp3) is 0.296. The smallest absolute Gasteiger partial charge is 0.323 e. The number of carbonyl (C=O) groups is 2. The minimum Gasteiger partial charge on any atom is -0.495 e. The zero-order chi connectivity index (χ0) is 25.1. The second-order valence-corrected chi connectivity index (χ2v) is 9.07. The number of hydrogen-bond acceptors (Lipinski definition) is 5. The van der Waals surface area contributed by atoms with Gasteiger partial charge in [0, 0.05) is 31.2 Å². The number of nitrogens with one attached hydrogen (secondary N) is 2. The van der Waals surface area contributed by atoms with Crippen molar-refractivity contribution in [3.63, 3.8) is 0 Å². The second-order valence-electron chi connectivity index (χ2n) is 9.07. The number of amides is 3. The molecule has 2 aromatic carbocycles. The number of pyridine rings is 1. The lowest BCUT2D eigenvalue weighted by Crippen LogP contribution is -2.50. The average molecular weight is 489 g/mol. The minimum atomic E-state index is -0.525.